The Morgan fingerprint density at radius 2 is 2.20 bits per heavy atom. The van der Waals surface area contributed by atoms with Crippen LogP contribution in [0.5, 0.6) is 0 Å². The van der Waals surface area contributed by atoms with E-state index >= 15 is 0 Å². The van der Waals surface area contributed by atoms with Gasteiger partial charge in [0.1, 0.15) is 0 Å². The summed E-state index contributed by atoms with van der Waals surface area (Å²) in [5, 5.41) is 10.7. The zero-order chi connectivity index (χ0) is 13.8. The molecule has 2 aromatic rings. The Morgan fingerprint density at radius 3 is 3.05 bits per heavy atom. The number of benzene rings is 1. The zero-order valence-electron chi connectivity index (χ0n) is 11.0. The predicted molar refractivity (Wildman–Crippen MR) is 71.4 cm³/mol. The number of aryl methyl sites for hydroxylation is 1. The second-order valence-corrected chi connectivity index (χ2v) is 4.84. The van der Waals surface area contributed by atoms with Crippen LogP contribution in [0.1, 0.15) is 35.7 Å². The van der Waals surface area contributed by atoms with Crippen LogP contribution in [0.3, 0.4) is 0 Å². The highest BCUT2D eigenvalue weighted by molar-refractivity contribution is 5.82. The minimum absolute atomic E-state index is 0.157. The number of aromatic amines is 1. The molecule has 2 N–H and O–H groups in total. The summed E-state index contributed by atoms with van der Waals surface area (Å²) in [6, 6.07) is 9.70. The van der Waals surface area contributed by atoms with Gasteiger partial charge in [-0.2, -0.15) is 15.4 Å². The molecule has 1 aliphatic rings. The van der Waals surface area contributed by atoms with E-state index in [-0.39, 0.29) is 11.8 Å². The number of nitrogens with zero attached hydrogens (tertiary/aromatic N) is 2. The molecule has 1 unspecified atom stereocenters. The second-order valence-electron chi connectivity index (χ2n) is 4.84. The highest BCUT2D eigenvalue weighted by Gasteiger charge is 2.29. The first-order chi connectivity index (χ1) is 9.84. The minimum Gasteiger partial charge on any atom is -0.272 e. The van der Waals surface area contributed by atoms with Crippen LogP contribution in [0, 0.1) is 0 Å². The van der Waals surface area contributed by atoms with Gasteiger partial charge in [0, 0.05) is 0 Å². The number of hydroxylamine groups is 1. The number of fused-ring (bicyclic) bond motifs is 1. The van der Waals surface area contributed by atoms with Crippen LogP contribution in [0.4, 0.5) is 0 Å². The lowest BCUT2D eigenvalue weighted by atomic mass is 9.89. The van der Waals surface area contributed by atoms with Crippen LogP contribution < -0.4 is 5.48 Å². The molecule has 0 saturated heterocycles. The van der Waals surface area contributed by atoms with Crippen molar-refractivity contribution >= 4 is 5.91 Å². The van der Waals surface area contributed by atoms with E-state index < -0.39 is 0 Å². The molecule has 1 heterocycles. The molecule has 1 aromatic carbocycles. The van der Waals surface area contributed by atoms with Gasteiger partial charge in [0.2, 0.25) is 0 Å². The van der Waals surface area contributed by atoms with Crippen molar-refractivity contribution in [2.45, 2.75) is 31.8 Å². The van der Waals surface area contributed by atoms with Crippen molar-refractivity contribution in [2.75, 3.05) is 0 Å². The van der Waals surface area contributed by atoms with E-state index in [0.29, 0.717) is 6.61 Å². The summed E-state index contributed by atoms with van der Waals surface area (Å²) in [6.45, 7) is 0.352. The van der Waals surface area contributed by atoms with E-state index in [1.54, 1.807) is 0 Å². The van der Waals surface area contributed by atoms with Gasteiger partial charge in [0.05, 0.1) is 23.9 Å². The zero-order valence-corrected chi connectivity index (χ0v) is 11.0. The van der Waals surface area contributed by atoms with Crippen molar-refractivity contribution < 1.29 is 9.63 Å². The molecule has 1 amide bonds. The lowest BCUT2D eigenvalue weighted by Gasteiger charge is -2.19. The highest BCUT2D eigenvalue weighted by atomic mass is 16.6. The monoisotopic (exact) mass is 272 g/mol. The smallest absolute Gasteiger partial charge is 0.252 e. The number of carbonyl (C=O) groups is 1. The molecule has 0 bridgehead atoms. The third kappa shape index (κ3) is 2.70. The maximum absolute atomic E-state index is 12.1. The van der Waals surface area contributed by atoms with Crippen LogP contribution >= 0.6 is 0 Å². The fourth-order valence-corrected chi connectivity index (χ4v) is 2.43. The average Bonchev–Trinajstić information content (AvgIpc) is 2.96. The van der Waals surface area contributed by atoms with Crippen molar-refractivity contribution in [3.8, 4) is 0 Å². The molecular formula is C14H16N4O2. The van der Waals surface area contributed by atoms with Crippen LogP contribution in [-0.4, -0.2) is 21.3 Å². The molecule has 6 nitrogen and oxygen atoms in total. The first-order valence-corrected chi connectivity index (χ1v) is 6.69. The molecule has 0 fully saturated rings. The molecular weight excluding hydrogens is 256 g/mol. The largest absolute Gasteiger partial charge is 0.272 e. The van der Waals surface area contributed by atoms with Crippen molar-refractivity contribution in [1.29, 1.82) is 0 Å². The summed E-state index contributed by atoms with van der Waals surface area (Å²) in [5.74, 6) is -0.427. The summed E-state index contributed by atoms with van der Waals surface area (Å²) in [7, 11) is 0. The molecule has 3 rings (SSSR count). The Morgan fingerprint density at radius 1 is 1.35 bits per heavy atom. The van der Waals surface area contributed by atoms with Gasteiger partial charge in [-0.1, -0.05) is 30.3 Å². The maximum atomic E-state index is 12.1. The van der Waals surface area contributed by atoms with Crippen molar-refractivity contribution in [3.05, 3.63) is 47.3 Å². The minimum atomic E-state index is -0.270. The molecule has 6 heteroatoms. The number of amides is 1. The summed E-state index contributed by atoms with van der Waals surface area (Å²) >= 11 is 0. The third-order valence-corrected chi connectivity index (χ3v) is 3.46. The molecule has 1 atom stereocenters. The van der Waals surface area contributed by atoms with Gasteiger partial charge < -0.3 is 0 Å². The van der Waals surface area contributed by atoms with E-state index in [1.807, 2.05) is 30.3 Å². The van der Waals surface area contributed by atoms with E-state index in [2.05, 4.69) is 20.9 Å². The van der Waals surface area contributed by atoms with Crippen LogP contribution in [0.25, 0.3) is 0 Å². The lowest BCUT2D eigenvalue weighted by Crippen LogP contribution is -2.31. The van der Waals surface area contributed by atoms with E-state index in [0.717, 1.165) is 36.2 Å². The van der Waals surface area contributed by atoms with Crippen LogP contribution in [0.2, 0.25) is 0 Å². The second kappa shape index (κ2) is 5.83. The Labute approximate surface area is 116 Å². The summed E-state index contributed by atoms with van der Waals surface area (Å²) in [6.07, 6.45) is 2.59. The SMILES string of the molecule is O=C(NOCc1ccccc1)C1CCCc2n[nH]nc21. The Kier molecular flexibility index (Phi) is 3.73. The van der Waals surface area contributed by atoms with Crippen molar-refractivity contribution in [2.24, 2.45) is 0 Å². The number of hydrogen-bond acceptors (Lipinski definition) is 4. The van der Waals surface area contributed by atoms with Gasteiger partial charge in [-0.05, 0) is 24.8 Å². The van der Waals surface area contributed by atoms with Crippen LogP contribution in [0.15, 0.2) is 30.3 Å². The average molecular weight is 272 g/mol. The van der Waals surface area contributed by atoms with E-state index in [9.17, 15) is 4.79 Å². The van der Waals surface area contributed by atoms with Gasteiger partial charge in [0.25, 0.3) is 5.91 Å². The Balaban J connectivity index is 1.56. The Hall–Kier alpha value is -2.21. The van der Waals surface area contributed by atoms with Gasteiger partial charge in [-0.3, -0.25) is 9.63 Å². The van der Waals surface area contributed by atoms with Gasteiger partial charge >= 0.3 is 0 Å². The third-order valence-electron chi connectivity index (χ3n) is 3.46. The molecule has 0 aliphatic heterocycles. The summed E-state index contributed by atoms with van der Waals surface area (Å²) in [5.41, 5.74) is 5.16. The first kappa shape index (κ1) is 12.8. The summed E-state index contributed by atoms with van der Waals surface area (Å²) < 4.78 is 0. The maximum Gasteiger partial charge on any atom is 0.252 e. The van der Waals surface area contributed by atoms with E-state index in [1.165, 1.54) is 0 Å². The fourth-order valence-electron chi connectivity index (χ4n) is 2.43. The first-order valence-electron chi connectivity index (χ1n) is 6.69. The predicted octanol–water partition coefficient (Wildman–Crippen LogP) is 1.47. The molecule has 0 spiro atoms. The molecule has 20 heavy (non-hydrogen) atoms. The Bertz CT molecular complexity index is 582. The normalized spacial score (nSPS) is 17.5. The standard InChI is InChI=1S/C14H16N4O2/c19-14(17-20-9-10-5-2-1-3-6-10)11-7-4-8-12-13(11)16-18-15-12/h1-3,5-6,11H,4,7-9H2,(H,17,19)(H,15,16,18). The number of rotatable bonds is 4. The topological polar surface area (TPSA) is 79.9 Å². The lowest BCUT2D eigenvalue weighted by molar-refractivity contribution is -0.136. The quantitative estimate of drug-likeness (QED) is 0.826. The molecule has 1 aliphatic carbocycles. The van der Waals surface area contributed by atoms with Gasteiger partial charge in [-0.25, -0.2) is 5.48 Å². The fraction of sp³-hybridized carbons (Fsp3) is 0.357. The van der Waals surface area contributed by atoms with Crippen molar-refractivity contribution in [1.82, 2.24) is 20.9 Å². The number of aromatic nitrogens is 3. The molecule has 104 valence electrons. The molecule has 0 radical (unpaired) electrons. The number of H-pyrrole nitrogens is 1. The number of hydrogen-bond donors (Lipinski definition) is 2. The van der Waals surface area contributed by atoms with Crippen LogP contribution in [-0.2, 0) is 22.7 Å². The number of carbonyl (C=O) groups excluding carboxylic acids is 1. The van der Waals surface area contributed by atoms with Gasteiger partial charge in [-0.15, -0.1) is 0 Å². The highest BCUT2D eigenvalue weighted by Crippen LogP contribution is 2.28. The van der Waals surface area contributed by atoms with E-state index in [4.69, 9.17) is 4.84 Å². The van der Waals surface area contributed by atoms with Crippen molar-refractivity contribution in [3.63, 3.8) is 0 Å². The molecule has 0 saturated carbocycles. The summed E-state index contributed by atoms with van der Waals surface area (Å²) in [4.78, 5) is 17.4. The van der Waals surface area contributed by atoms with Gasteiger partial charge in [0.15, 0.2) is 0 Å². The molecule has 1 aromatic heterocycles. The number of nitrogens with one attached hydrogen (secondary N) is 2.